The lowest BCUT2D eigenvalue weighted by atomic mass is 9.80. The third-order valence-corrected chi connectivity index (χ3v) is 2.23. The van der Waals surface area contributed by atoms with Crippen LogP contribution in [0.15, 0.2) is 16.8 Å². The molecule has 0 bridgehead atoms. The van der Waals surface area contributed by atoms with Crippen molar-refractivity contribution in [2.45, 2.75) is 34.6 Å². The van der Waals surface area contributed by atoms with Gasteiger partial charge in [-0.05, 0) is 16.9 Å². The highest BCUT2D eigenvalue weighted by Crippen LogP contribution is 2.29. The van der Waals surface area contributed by atoms with Crippen molar-refractivity contribution in [1.29, 1.82) is 0 Å². The van der Waals surface area contributed by atoms with Crippen molar-refractivity contribution in [3.8, 4) is 0 Å². The minimum atomic E-state index is 0.213. The van der Waals surface area contributed by atoms with Gasteiger partial charge in [0.25, 0.3) is 0 Å². The number of nitrogens with zero attached hydrogens (tertiary/aromatic N) is 1. The fraction of sp³-hybridized carbons (Fsp3) is 0.727. The highest BCUT2D eigenvalue weighted by Gasteiger charge is 2.24. The summed E-state index contributed by atoms with van der Waals surface area (Å²) in [5.74, 6) is 0.498. The molecule has 0 spiro atoms. The average molecular weight is 180 g/mol. The molecule has 1 heterocycles. The van der Waals surface area contributed by atoms with Crippen LogP contribution in [0, 0.1) is 11.3 Å². The molecule has 13 heavy (non-hydrogen) atoms. The first-order valence-electron chi connectivity index (χ1n) is 4.94. The van der Waals surface area contributed by atoms with E-state index in [1.807, 2.05) is 0 Å². The molecule has 74 valence electrons. The van der Waals surface area contributed by atoms with Crippen molar-refractivity contribution >= 4 is 5.71 Å². The van der Waals surface area contributed by atoms with Gasteiger partial charge in [0.2, 0.25) is 0 Å². The molecule has 0 aliphatic carbocycles. The molecule has 0 fully saturated rings. The maximum atomic E-state index is 4.38. The van der Waals surface area contributed by atoms with Gasteiger partial charge in [0.1, 0.15) is 0 Å². The number of hydrogen-bond donors (Lipinski definition) is 1. The summed E-state index contributed by atoms with van der Waals surface area (Å²) < 4.78 is 0. The van der Waals surface area contributed by atoms with Crippen LogP contribution in [0.3, 0.4) is 0 Å². The van der Waals surface area contributed by atoms with E-state index in [4.69, 9.17) is 0 Å². The van der Waals surface area contributed by atoms with E-state index in [-0.39, 0.29) is 5.41 Å². The molecule has 0 saturated heterocycles. The Morgan fingerprint density at radius 1 is 1.38 bits per heavy atom. The number of nitrogens with one attached hydrogen (secondary N) is 1. The number of hydrogen-bond acceptors (Lipinski definition) is 2. The van der Waals surface area contributed by atoms with Crippen molar-refractivity contribution in [2.75, 3.05) is 6.54 Å². The number of hydrazone groups is 1. The van der Waals surface area contributed by atoms with Crippen molar-refractivity contribution in [3.05, 3.63) is 11.6 Å². The van der Waals surface area contributed by atoms with Crippen LogP contribution in [-0.2, 0) is 0 Å². The van der Waals surface area contributed by atoms with Gasteiger partial charge in [-0.2, -0.15) is 5.10 Å². The van der Waals surface area contributed by atoms with E-state index in [1.54, 1.807) is 0 Å². The number of rotatable bonds is 1. The molecule has 0 aromatic heterocycles. The fourth-order valence-electron chi connectivity index (χ4n) is 1.57. The molecule has 0 unspecified atom stereocenters. The molecule has 1 aliphatic heterocycles. The van der Waals surface area contributed by atoms with Crippen LogP contribution in [0.1, 0.15) is 34.6 Å². The number of allylic oxidation sites excluding steroid dienone is 1. The van der Waals surface area contributed by atoms with Gasteiger partial charge >= 0.3 is 0 Å². The molecule has 0 radical (unpaired) electrons. The van der Waals surface area contributed by atoms with Crippen LogP contribution in [0.5, 0.6) is 0 Å². The second-order valence-electron chi connectivity index (χ2n) is 4.88. The van der Waals surface area contributed by atoms with Crippen molar-refractivity contribution < 1.29 is 0 Å². The van der Waals surface area contributed by atoms with Crippen LogP contribution in [-0.4, -0.2) is 12.3 Å². The van der Waals surface area contributed by atoms with Gasteiger partial charge in [-0.15, -0.1) is 0 Å². The van der Waals surface area contributed by atoms with Crippen molar-refractivity contribution in [1.82, 2.24) is 5.43 Å². The monoisotopic (exact) mass is 180 g/mol. The second kappa shape index (κ2) is 3.52. The molecule has 0 atom stereocenters. The van der Waals surface area contributed by atoms with Gasteiger partial charge < -0.3 is 5.43 Å². The Labute approximate surface area is 81.1 Å². The minimum Gasteiger partial charge on any atom is -0.306 e. The average Bonchev–Trinajstić information content (AvgIpc) is 2.03. The van der Waals surface area contributed by atoms with Gasteiger partial charge in [0, 0.05) is 0 Å². The third-order valence-electron chi connectivity index (χ3n) is 2.23. The Morgan fingerprint density at radius 2 is 2.00 bits per heavy atom. The standard InChI is InChI=1S/C11H20N2/c1-8(2)10-9(11(3,4)5)6-7-12-13-10/h6,8,12H,7H2,1-5H3. The predicted octanol–water partition coefficient (Wildman–Crippen LogP) is 2.57. The Balaban J connectivity index is 2.95. The van der Waals surface area contributed by atoms with Crippen LogP contribution < -0.4 is 5.43 Å². The Kier molecular flexibility index (Phi) is 2.79. The van der Waals surface area contributed by atoms with Crippen LogP contribution in [0.25, 0.3) is 0 Å². The maximum absolute atomic E-state index is 4.38. The van der Waals surface area contributed by atoms with Crippen LogP contribution >= 0.6 is 0 Å². The van der Waals surface area contributed by atoms with E-state index in [1.165, 1.54) is 11.3 Å². The SMILES string of the molecule is CC(C)C1=NNCC=C1C(C)(C)C. The van der Waals surface area contributed by atoms with Gasteiger partial charge in [-0.3, -0.25) is 0 Å². The van der Waals surface area contributed by atoms with Gasteiger partial charge in [-0.1, -0.05) is 40.7 Å². The quantitative estimate of drug-likeness (QED) is 0.659. The van der Waals surface area contributed by atoms with E-state index < -0.39 is 0 Å². The molecule has 2 heteroatoms. The first-order valence-corrected chi connectivity index (χ1v) is 4.94. The molecular weight excluding hydrogens is 160 g/mol. The summed E-state index contributed by atoms with van der Waals surface area (Å²) in [6.45, 7) is 12.0. The second-order valence-corrected chi connectivity index (χ2v) is 4.88. The highest BCUT2D eigenvalue weighted by atomic mass is 15.3. The normalized spacial score (nSPS) is 18.0. The van der Waals surface area contributed by atoms with E-state index in [2.05, 4.69) is 51.2 Å². The first kappa shape index (κ1) is 10.3. The van der Waals surface area contributed by atoms with Crippen molar-refractivity contribution in [3.63, 3.8) is 0 Å². The van der Waals surface area contributed by atoms with E-state index in [0.717, 1.165) is 6.54 Å². The Hall–Kier alpha value is -0.790. The maximum Gasteiger partial charge on any atom is 0.0663 e. The van der Waals surface area contributed by atoms with Crippen molar-refractivity contribution in [2.24, 2.45) is 16.4 Å². The molecular formula is C11H20N2. The zero-order chi connectivity index (χ0) is 10.1. The molecule has 2 nitrogen and oxygen atoms in total. The predicted molar refractivity (Wildman–Crippen MR) is 57.8 cm³/mol. The minimum absolute atomic E-state index is 0.213. The molecule has 0 saturated carbocycles. The summed E-state index contributed by atoms with van der Waals surface area (Å²) in [5.41, 5.74) is 5.84. The van der Waals surface area contributed by atoms with Crippen LogP contribution in [0.2, 0.25) is 0 Å². The Bertz CT molecular complexity index is 241. The molecule has 0 aromatic rings. The van der Waals surface area contributed by atoms with E-state index >= 15 is 0 Å². The largest absolute Gasteiger partial charge is 0.306 e. The van der Waals surface area contributed by atoms with Gasteiger partial charge in [-0.25, -0.2) is 0 Å². The highest BCUT2D eigenvalue weighted by molar-refractivity contribution is 6.02. The smallest absolute Gasteiger partial charge is 0.0663 e. The topological polar surface area (TPSA) is 24.4 Å². The van der Waals surface area contributed by atoms with Crippen LogP contribution in [0.4, 0.5) is 0 Å². The van der Waals surface area contributed by atoms with E-state index in [9.17, 15) is 0 Å². The summed E-state index contributed by atoms with van der Waals surface area (Å²) >= 11 is 0. The summed E-state index contributed by atoms with van der Waals surface area (Å²) in [5, 5.41) is 4.38. The first-order chi connectivity index (χ1) is 5.93. The van der Waals surface area contributed by atoms with Gasteiger partial charge in [0.15, 0.2) is 0 Å². The fourth-order valence-corrected chi connectivity index (χ4v) is 1.57. The molecule has 1 N–H and O–H groups in total. The van der Waals surface area contributed by atoms with E-state index in [0.29, 0.717) is 5.92 Å². The molecule has 1 aliphatic rings. The molecule has 1 rings (SSSR count). The zero-order valence-electron chi connectivity index (χ0n) is 9.31. The Morgan fingerprint density at radius 3 is 2.38 bits per heavy atom. The lowest BCUT2D eigenvalue weighted by Crippen LogP contribution is -2.29. The lowest BCUT2D eigenvalue weighted by molar-refractivity contribution is 0.511. The summed E-state index contributed by atoms with van der Waals surface area (Å²) in [6, 6.07) is 0. The summed E-state index contributed by atoms with van der Waals surface area (Å²) in [7, 11) is 0. The zero-order valence-corrected chi connectivity index (χ0v) is 9.31. The summed E-state index contributed by atoms with van der Waals surface area (Å²) in [6.07, 6.45) is 2.25. The molecule has 0 amide bonds. The van der Waals surface area contributed by atoms with Gasteiger partial charge in [0.05, 0.1) is 12.3 Å². The molecule has 0 aromatic carbocycles. The third kappa shape index (κ3) is 2.33. The lowest BCUT2D eigenvalue weighted by Gasteiger charge is -2.28. The summed E-state index contributed by atoms with van der Waals surface area (Å²) in [4.78, 5) is 0.